The summed E-state index contributed by atoms with van der Waals surface area (Å²) in [6.45, 7) is 3.22. The lowest BCUT2D eigenvalue weighted by atomic mass is 10.1. The molecular weight excluding hydrogens is 504 g/mol. The molecule has 6 rings (SSSR count). The van der Waals surface area contributed by atoms with E-state index in [0.29, 0.717) is 45.6 Å². The van der Waals surface area contributed by atoms with Crippen molar-refractivity contribution < 1.29 is 0 Å². The molecule has 194 valence electrons. The van der Waals surface area contributed by atoms with Crippen LogP contribution in [0, 0.1) is 22.7 Å². The van der Waals surface area contributed by atoms with Gasteiger partial charge in [-0.15, -0.1) is 0 Å². The van der Waals surface area contributed by atoms with Crippen LogP contribution in [0.3, 0.4) is 0 Å². The minimum absolute atomic E-state index is 0.499. The second kappa shape index (κ2) is 10.9. The summed E-state index contributed by atoms with van der Waals surface area (Å²) in [5, 5.41) is 29.2. The van der Waals surface area contributed by atoms with Crippen LogP contribution in [0.5, 0.6) is 0 Å². The molecule has 0 saturated carbocycles. The Morgan fingerprint density at radius 3 is 2.12 bits per heavy atom. The molecule has 1 saturated heterocycles. The fourth-order valence-electron chi connectivity index (χ4n) is 4.44. The van der Waals surface area contributed by atoms with Gasteiger partial charge >= 0.3 is 0 Å². The van der Waals surface area contributed by atoms with Gasteiger partial charge in [-0.2, -0.15) is 10.5 Å². The molecule has 0 amide bonds. The maximum Gasteiger partial charge on any atom is 0.162 e. The Bertz CT molecular complexity index is 1780. The zero-order valence-electron chi connectivity index (χ0n) is 21.2. The largest absolute Gasteiger partial charge is 0.353 e. The summed E-state index contributed by atoms with van der Waals surface area (Å²) in [5.41, 5.74) is 3.12. The molecule has 0 atom stereocenters. The van der Waals surface area contributed by atoms with Gasteiger partial charge in [-0.25, -0.2) is 24.9 Å². The third-order valence-corrected chi connectivity index (χ3v) is 6.32. The Morgan fingerprint density at radius 2 is 1.43 bits per heavy atom. The highest BCUT2D eigenvalue weighted by Gasteiger charge is 2.21. The summed E-state index contributed by atoms with van der Waals surface area (Å²) in [7, 11) is 0. The normalized spacial score (nSPS) is 12.9. The summed E-state index contributed by atoms with van der Waals surface area (Å²) in [5.74, 6) is 2.89. The van der Waals surface area contributed by atoms with Crippen molar-refractivity contribution in [2.24, 2.45) is 0 Å². The topological polar surface area (TPSA) is 164 Å². The van der Waals surface area contributed by atoms with E-state index in [1.807, 2.05) is 12.1 Å². The molecule has 0 spiro atoms. The van der Waals surface area contributed by atoms with Crippen LogP contribution in [-0.2, 0) is 0 Å². The molecule has 1 aliphatic heterocycles. The number of hydrogen-bond donors (Lipinski definition) is 3. The van der Waals surface area contributed by atoms with Crippen molar-refractivity contribution in [2.75, 3.05) is 41.7 Å². The Labute approximate surface area is 229 Å². The lowest BCUT2D eigenvalue weighted by Gasteiger charge is -2.30. The number of anilines is 5. The Balaban J connectivity index is 1.42. The van der Waals surface area contributed by atoms with E-state index in [0.717, 1.165) is 42.9 Å². The van der Waals surface area contributed by atoms with Crippen LogP contribution < -0.4 is 20.9 Å². The van der Waals surface area contributed by atoms with Gasteiger partial charge in [-0.3, -0.25) is 4.98 Å². The number of rotatable bonds is 6. The smallest absolute Gasteiger partial charge is 0.162 e. The number of nitrogens with zero attached hydrogens (tertiary/aromatic N) is 9. The molecule has 5 aromatic rings. The molecular formula is C28H22N12. The van der Waals surface area contributed by atoms with E-state index in [1.165, 1.54) is 0 Å². The zero-order valence-corrected chi connectivity index (χ0v) is 21.2. The summed E-state index contributed by atoms with van der Waals surface area (Å²) >= 11 is 0. The van der Waals surface area contributed by atoms with Crippen LogP contribution in [0.25, 0.3) is 22.3 Å². The van der Waals surface area contributed by atoms with Gasteiger partial charge in [0.05, 0.1) is 52.2 Å². The van der Waals surface area contributed by atoms with E-state index in [9.17, 15) is 10.5 Å². The van der Waals surface area contributed by atoms with Gasteiger partial charge in [0.1, 0.15) is 23.3 Å². The van der Waals surface area contributed by atoms with Crippen molar-refractivity contribution in [1.29, 1.82) is 10.5 Å². The summed E-state index contributed by atoms with van der Waals surface area (Å²) in [6.07, 6.45) is 8.27. The third kappa shape index (κ3) is 5.15. The first kappa shape index (κ1) is 24.6. The van der Waals surface area contributed by atoms with Crippen LogP contribution >= 0.6 is 0 Å². The van der Waals surface area contributed by atoms with Gasteiger partial charge in [0, 0.05) is 50.3 Å². The Morgan fingerprint density at radius 1 is 0.775 bits per heavy atom. The van der Waals surface area contributed by atoms with Crippen LogP contribution in [0.4, 0.5) is 29.0 Å². The third-order valence-electron chi connectivity index (χ3n) is 6.32. The van der Waals surface area contributed by atoms with E-state index < -0.39 is 0 Å². The maximum absolute atomic E-state index is 9.30. The van der Waals surface area contributed by atoms with E-state index in [4.69, 9.17) is 9.97 Å². The summed E-state index contributed by atoms with van der Waals surface area (Å²) in [4.78, 5) is 29.6. The van der Waals surface area contributed by atoms with Crippen molar-refractivity contribution in [1.82, 2.24) is 35.2 Å². The predicted octanol–water partition coefficient (Wildman–Crippen LogP) is 3.52. The molecule has 0 radical (unpaired) electrons. The SMILES string of the molecule is N#Cc1ccnc(Nc2cc(-c3nc(N4CCNCC4)c4c(Nc5cc(C#N)ccn5)cncc4n3)ccn2)c1. The first-order valence-corrected chi connectivity index (χ1v) is 12.5. The molecule has 6 heterocycles. The van der Waals surface area contributed by atoms with Crippen molar-refractivity contribution >= 4 is 39.9 Å². The Hall–Kier alpha value is -5.72. The molecule has 12 nitrogen and oxygen atoms in total. The number of hydrogen-bond acceptors (Lipinski definition) is 12. The monoisotopic (exact) mass is 526 g/mol. The first-order valence-electron chi connectivity index (χ1n) is 12.5. The second-order valence-corrected chi connectivity index (χ2v) is 8.95. The van der Waals surface area contributed by atoms with Crippen molar-refractivity contribution in [3.8, 4) is 23.5 Å². The number of fused-ring (bicyclic) bond motifs is 1. The number of nitriles is 2. The second-order valence-electron chi connectivity index (χ2n) is 8.95. The van der Waals surface area contributed by atoms with E-state index in [-0.39, 0.29) is 0 Å². The van der Waals surface area contributed by atoms with Gasteiger partial charge in [-0.05, 0) is 36.4 Å². The van der Waals surface area contributed by atoms with E-state index in [2.05, 4.69) is 52.9 Å². The van der Waals surface area contributed by atoms with E-state index >= 15 is 0 Å². The van der Waals surface area contributed by atoms with Crippen LogP contribution in [-0.4, -0.2) is 56.1 Å². The highest BCUT2D eigenvalue weighted by atomic mass is 15.2. The minimum atomic E-state index is 0.499. The lowest BCUT2D eigenvalue weighted by Crippen LogP contribution is -2.44. The maximum atomic E-state index is 9.30. The molecule has 40 heavy (non-hydrogen) atoms. The van der Waals surface area contributed by atoms with Gasteiger partial charge in [-0.1, -0.05) is 0 Å². The van der Waals surface area contributed by atoms with Crippen LogP contribution in [0.1, 0.15) is 11.1 Å². The number of pyridine rings is 4. The molecule has 0 bridgehead atoms. The fraction of sp³-hybridized carbons (Fsp3) is 0.143. The number of piperazine rings is 1. The van der Waals surface area contributed by atoms with Crippen molar-refractivity contribution in [3.05, 3.63) is 78.5 Å². The molecule has 5 aromatic heterocycles. The van der Waals surface area contributed by atoms with Gasteiger partial charge < -0.3 is 20.9 Å². The highest BCUT2D eigenvalue weighted by molar-refractivity contribution is 6.01. The van der Waals surface area contributed by atoms with Gasteiger partial charge in [0.25, 0.3) is 0 Å². The van der Waals surface area contributed by atoms with Gasteiger partial charge in [0.2, 0.25) is 0 Å². The fourth-order valence-corrected chi connectivity index (χ4v) is 4.44. The molecule has 0 aromatic carbocycles. The molecule has 0 aliphatic carbocycles. The number of aromatic nitrogens is 6. The standard InChI is InChI=1S/C28H22N12/c29-14-18-1-4-33-23(11-18)36-21-16-32-17-22-26(21)28(40-9-7-31-8-10-40)39-27(37-22)20-3-6-35-25(13-20)38-24-12-19(15-30)2-5-34-24/h1-6,11-13,16-17,31H,7-10H2,(H,33,36)(H,34,35,38). The van der Waals surface area contributed by atoms with Gasteiger partial charge in [0.15, 0.2) is 5.82 Å². The average molecular weight is 527 g/mol. The quantitative estimate of drug-likeness (QED) is 0.295. The zero-order chi connectivity index (χ0) is 27.3. The molecule has 1 aliphatic rings. The lowest BCUT2D eigenvalue weighted by molar-refractivity contribution is 0.586. The van der Waals surface area contributed by atoms with Crippen molar-refractivity contribution in [3.63, 3.8) is 0 Å². The summed E-state index contributed by atoms with van der Waals surface area (Å²) in [6, 6.07) is 14.6. The van der Waals surface area contributed by atoms with E-state index in [1.54, 1.807) is 55.2 Å². The van der Waals surface area contributed by atoms with Crippen LogP contribution in [0.2, 0.25) is 0 Å². The van der Waals surface area contributed by atoms with Crippen LogP contribution in [0.15, 0.2) is 67.4 Å². The molecule has 0 unspecified atom stereocenters. The average Bonchev–Trinajstić information content (AvgIpc) is 3.01. The summed E-state index contributed by atoms with van der Waals surface area (Å²) < 4.78 is 0. The highest BCUT2D eigenvalue weighted by Crippen LogP contribution is 2.34. The Kier molecular flexibility index (Phi) is 6.74. The van der Waals surface area contributed by atoms with Crippen molar-refractivity contribution in [2.45, 2.75) is 0 Å². The molecule has 12 heteroatoms. The molecule has 1 fully saturated rings. The number of nitrogens with one attached hydrogen (secondary N) is 3. The minimum Gasteiger partial charge on any atom is -0.353 e. The molecule has 3 N–H and O–H groups in total. The predicted molar refractivity (Wildman–Crippen MR) is 150 cm³/mol. The first-order chi connectivity index (χ1) is 19.7.